The van der Waals surface area contributed by atoms with Crippen molar-refractivity contribution in [3.05, 3.63) is 48.5 Å². The van der Waals surface area contributed by atoms with Gasteiger partial charge in [-0.25, -0.2) is 9.59 Å². The molecule has 1 saturated carbocycles. The van der Waals surface area contributed by atoms with E-state index in [-0.39, 0.29) is 17.5 Å². The van der Waals surface area contributed by atoms with Gasteiger partial charge in [-0.2, -0.15) is 0 Å². The zero-order chi connectivity index (χ0) is 23.1. The fourth-order valence-corrected chi connectivity index (χ4v) is 3.95. The van der Waals surface area contributed by atoms with Crippen molar-refractivity contribution in [3.63, 3.8) is 0 Å². The maximum atomic E-state index is 12.2. The van der Waals surface area contributed by atoms with E-state index < -0.39 is 0 Å². The Balaban J connectivity index is 1.37. The summed E-state index contributed by atoms with van der Waals surface area (Å²) in [5.41, 5.74) is 1.43. The highest BCUT2D eigenvalue weighted by Crippen LogP contribution is 2.50. The third-order valence-corrected chi connectivity index (χ3v) is 6.39. The van der Waals surface area contributed by atoms with Gasteiger partial charge in [0.05, 0.1) is 14.2 Å². The van der Waals surface area contributed by atoms with Gasteiger partial charge in [-0.05, 0) is 72.2 Å². The fraction of sp³-hybridized carbons (Fsp3) is 0.417. The monoisotopic (exact) mass is 440 g/mol. The Hall–Kier alpha value is -3.42. The van der Waals surface area contributed by atoms with Crippen molar-refractivity contribution < 1.29 is 19.1 Å². The van der Waals surface area contributed by atoms with Crippen molar-refractivity contribution in [1.29, 1.82) is 0 Å². The Morgan fingerprint density at radius 3 is 1.47 bits per heavy atom. The van der Waals surface area contributed by atoms with E-state index in [1.807, 2.05) is 0 Å². The van der Waals surface area contributed by atoms with Crippen LogP contribution in [0.1, 0.15) is 20.3 Å². The molecular formula is C24H32N4O4. The lowest BCUT2D eigenvalue weighted by Crippen LogP contribution is -2.54. The quantitative estimate of drug-likeness (QED) is 0.491. The third-order valence-electron chi connectivity index (χ3n) is 6.39. The molecule has 4 N–H and O–H groups in total. The molecule has 1 fully saturated rings. The molecule has 4 amide bonds. The molecule has 2 atom stereocenters. The summed E-state index contributed by atoms with van der Waals surface area (Å²) in [4.78, 5) is 24.4. The van der Waals surface area contributed by atoms with Gasteiger partial charge in [0.1, 0.15) is 11.5 Å². The van der Waals surface area contributed by atoms with E-state index in [1.54, 1.807) is 62.8 Å². The molecule has 0 saturated heterocycles. The molecule has 32 heavy (non-hydrogen) atoms. The number of rotatable bonds is 8. The van der Waals surface area contributed by atoms with E-state index in [0.717, 1.165) is 17.9 Å². The maximum Gasteiger partial charge on any atom is 0.319 e. The molecule has 0 aliphatic heterocycles. The van der Waals surface area contributed by atoms with Crippen molar-refractivity contribution in [3.8, 4) is 11.5 Å². The first-order valence-corrected chi connectivity index (χ1v) is 10.7. The average molecular weight is 441 g/mol. The minimum atomic E-state index is -0.230. The Bertz CT molecular complexity index is 839. The highest BCUT2D eigenvalue weighted by atomic mass is 16.5. The summed E-state index contributed by atoms with van der Waals surface area (Å²) < 4.78 is 10.2. The van der Waals surface area contributed by atoms with Crippen LogP contribution in [0.15, 0.2) is 48.5 Å². The lowest BCUT2D eigenvalue weighted by Gasteiger charge is -2.52. The largest absolute Gasteiger partial charge is 0.497 e. The summed E-state index contributed by atoms with van der Waals surface area (Å²) in [7, 11) is 3.21. The van der Waals surface area contributed by atoms with Crippen molar-refractivity contribution in [2.24, 2.45) is 17.3 Å². The fourth-order valence-electron chi connectivity index (χ4n) is 3.95. The van der Waals surface area contributed by atoms with E-state index in [1.165, 1.54) is 0 Å². The van der Waals surface area contributed by atoms with E-state index >= 15 is 0 Å². The molecule has 2 aromatic rings. The van der Waals surface area contributed by atoms with Gasteiger partial charge in [0.25, 0.3) is 0 Å². The number of carbonyl (C=O) groups is 2. The summed E-state index contributed by atoms with van der Waals surface area (Å²) in [5.74, 6) is 2.18. The number of anilines is 2. The molecule has 0 spiro atoms. The number of amides is 4. The predicted octanol–water partition coefficient (Wildman–Crippen LogP) is 4.31. The molecule has 0 radical (unpaired) electrons. The van der Waals surface area contributed by atoms with E-state index in [9.17, 15) is 9.59 Å². The standard InChI is InChI=1S/C24H32N4O4/c1-24(2)16(14-25-22(29)27-18-5-9-20(31-3)10-6-18)13-17(24)15-26-23(30)28-19-7-11-21(32-4)12-8-19/h5-12,16-17H,13-15H2,1-4H3,(H2,25,27,29)(H2,26,28,30). The predicted molar refractivity (Wildman–Crippen MR) is 125 cm³/mol. The van der Waals surface area contributed by atoms with Crippen molar-refractivity contribution >= 4 is 23.4 Å². The maximum absolute atomic E-state index is 12.2. The van der Waals surface area contributed by atoms with Gasteiger partial charge in [0, 0.05) is 24.5 Å². The molecule has 172 valence electrons. The molecule has 0 heterocycles. The van der Waals surface area contributed by atoms with Gasteiger partial charge >= 0.3 is 12.1 Å². The second kappa shape index (κ2) is 10.3. The van der Waals surface area contributed by atoms with Gasteiger partial charge in [-0.3, -0.25) is 0 Å². The summed E-state index contributed by atoms with van der Waals surface area (Å²) in [5, 5.41) is 11.6. The van der Waals surface area contributed by atoms with Crippen LogP contribution in [0.5, 0.6) is 11.5 Å². The molecule has 8 nitrogen and oxygen atoms in total. The van der Waals surface area contributed by atoms with Crippen LogP contribution in [0.3, 0.4) is 0 Å². The van der Waals surface area contributed by atoms with Crippen molar-refractivity contribution in [1.82, 2.24) is 10.6 Å². The van der Waals surface area contributed by atoms with Crippen LogP contribution >= 0.6 is 0 Å². The van der Waals surface area contributed by atoms with Crippen molar-refractivity contribution in [2.75, 3.05) is 37.9 Å². The molecule has 2 unspecified atom stereocenters. The number of nitrogens with one attached hydrogen (secondary N) is 4. The van der Waals surface area contributed by atoms with Crippen molar-refractivity contribution in [2.45, 2.75) is 20.3 Å². The average Bonchev–Trinajstić information content (AvgIpc) is 2.79. The molecule has 3 rings (SSSR count). The topological polar surface area (TPSA) is 101 Å². The zero-order valence-corrected chi connectivity index (χ0v) is 19.0. The summed E-state index contributed by atoms with van der Waals surface area (Å²) in [6.07, 6.45) is 0.943. The van der Waals surface area contributed by atoms with Gasteiger partial charge in [-0.1, -0.05) is 13.8 Å². The van der Waals surface area contributed by atoms with Crippen LogP contribution in [0.2, 0.25) is 0 Å². The second-order valence-corrected chi connectivity index (χ2v) is 8.58. The van der Waals surface area contributed by atoms with Gasteiger partial charge in [0.15, 0.2) is 0 Å². The molecule has 0 bridgehead atoms. The van der Waals surface area contributed by atoms with Crippen LogP contribution in [-0.4, -0.2) is 39.4 Å². The Morgan fingerprint density at radius 2 is 1.16 bits per heavy atom. The second-order valence-electron chi connectivity index (χ2n) is 8.58. The minimum Gasteiger partial charge on any atom is -0.497 e. The number of hydrogen-bond acceptors (Lipinski definition) is 4. The number of urea groups is 2. The first-order valence-electron chi connectivity index (χ1n) is 10.7. The molecule has 1 aliphatic rings. The van der Waals surface area contributed by atoms with Crippen LogP contribution < -0.4 is 30.7 Å². The summed E-state index contributed by atoms with van der Waals surface area (Å²) in [6.45, 7) is 5.53. The molecule has 8 heteroatoms. The number of carbonyl (C=O) groups excluding carboxylic acids is 2. The number of methoxy groups -OCH3 is 2. The van der Waals surface area contributed by atoms with Gasteiger partial charge < -0.3 is 30.7 Å². The molecule has 1 aliphatic carbocycles. The normalized spacial score (nSPS) is 18.6. The van der Waals surface area contributed by atoms with Crippen LogP contribution in [0, 0.1) is 17.3 Å². The number of benzene rings is 2. The Kier molecular flexibility index (Phi) is 7.45. The first-order chi connectivity index (χ1) is 15.3. The molecular weight excluding hydrogens is 408 g/mol. The Labute approximate surface area is 189 Å². The SMILES string of the molecule is COc1ccc(NC(=O)NCC2CC(CNC(=O)Nc3ccc(OC)cc3)C2(C)C)cc1. The van der Waals surface area contributed by atoms with E-state index in [2.05, 4.69) is 35.1 Å². The minimum absolute atomic E-state index is 0.0147. The highest BCUT2D eigenvalue weighted by molar-refractivity contribution is 5.89. The lowest BCUT2D eigenvalue weighted by molar-refractivity contribution is -0.0142. The van der Waals surface area contributed by atoms with Crippen LogP contribution in [0.4, 0.5) is 21.0 Å². The molecule has 2 aromatic carbocycles. The Morgan fingerprint density at radius 1 is 0.781 bits per heavy atom. The number of hydrogen-bond donors (Lipinski definition) is 4. The first kappa shape index (κ1) is 23.2. The number of ether oxygens (including phenoxy) is 2. The van der Waals surface area contributed by atoms with Gasteiger partial charge in [0.2, 0.25) is 0 Å². The lowest BCUT2D eigenvalue weighted by atomic mass is 9.54. The highest BCUT2D eigenvalue weighted by Gasteiger charge is 2.47. The van der Waals surface area contributed by atoms with Gasteiger partial charge in [-0.15, -0.1) is 0 Å². The summed E-state index contributed by atoms with van der Waals surface area (Å²) in [6, 6.07) is 13.9. The van der Waals surface area contributed by atoms with E-state index in [0.29, 0.717) is 36.3 Å². The summed E-state index contributed by atoms with van der Waals surface area (Å²) >= 11 is 0. The molecule has 0 aromatic heterocycles. The van der Waals surface area contributed by atoms with Crippen LogP contribution in [-0.2, 0) is 0 Å². The zero-order valence-electron chi connectivity index (χ0n) is 19.0. The third kappa shape index (κ3) is 5.84. The van der Waals surface area contributed by atoms with E-state index in [4.69, 9.17) is 9.47 Å². The van der Waals surface area contributed by atoms with Crippen LogP contribution in [0.25, 0.3) is 0 Å². The smallest absolute Gasteiger partial charge is 0.319 e.